The number of amides is 1. The highest BCUT2D eigenvalue weighted by Crippen LogP contribution is 2.35. The van der Waals surface area contributed by atoms with E-state index in [0.29, 0.717) is 26.5 Å². The maximum atomic E-state index is 12.4. The predicted octanol–water partition coefficient (Wildman–Crippen LogP) is 3.38. The average Bonchev–Trinajstić information content (AvgIpc) is 3.15. The van der Waals surface area contributed by atoms with Gasteiger partial charge < -0.3 is 15.5 Å². The molecule has 0 atom stereocenters. The quantitative estimate of drug-likeness (QED) is 0.456. The van der Waals surface area contributed by atoms with Crippen molar-refractivity contribution < 1.29 is 19.8 Å². The largest absolute Gasteiger partial charge is 0.505 e. The van der Waals surface area contributed by atoms with Crippen LogP contribution < -0.4 is 5.32 Å². The van der Waals surface area contributed by atoms with Crippen LogP contribution in [-0.4, -0.2) is 43.2 Å². The molecule has 0 spiro atoms. The highest BCUT2D eigenvalue weighted by Gasteiger charge is 2.22. The molecule has 0 aliphatic rings. The first-order valence-corrected chi connectivity index (χ1v) is 9.05. The third-order valence-electron chi connectivity index (χ3n) is 4.31. The number of carbonyl (C=O) groups excluding carboxylic acids is 1. The van der Waals surface area contributed by atoms with Gasteiger partial charge >= 0.3 is 5.97 Å². The molecule has 2 aromatic carbocycles. The number of nitrogens with one attached hydrogen (secondary N) is 1. The summed E-state index contributed by atoms with van der Waals surface area (Å²) in [6.07, 6.45) is 1.24. The Kier molecular flexibility index (Phi) is 4.73. The molecule has 0 saturated heterocycles. The Morgan fingerprint density at radius 2 is 1.76 bits per heavy atom. The molecule has 2 aromatic heterocycles. The third-order valence-corrected chi connectivity index (χ3v) is 4.75. The van der Waals surface area contributed by atoms with Crippen LogP contribution in [0.25, 0.3) is 27.5 Å². The molecule has 0 fully saturated rings. The van der Waals surface area contributed by atoms with Gasteiger partial charge in [0.1, 0.15) is 12.9 Å². The van der Waals surface area contributed by atoms with Crippen LogP contribution >= 0.6 is 23.2 Å². The number of rotatable bonds is 4. The highest BCUT2D eigenvalue weighted by atomic mass is 35.5. The summed E-state index contributed by atoms with van der Waals surface area (Å²) in [6, 6.07) is 10.3. The summed E-state index contributed by atoms with van der Waals surface area (Å²) in [6.45, 7) is -0.596. The van der Waals surface area contributed by atoms with E-state index in [0.717, 1.165) is 11.1 Å². The van der Waals surface area contributed by atoms with Gasteiger partial charge in [0.2, 0.25) is 0 Å². The first kappa shape index (κ1) is 19.0. The molecule has 1 amide bonds. The summed E-state index contributed by atoms with van der Waals surface area (Å²) in [7, 11) is 0. The second-order valence-corrected chi connectivity index (χ2v) is 7.06. The number of hydrogen-bond acceptors (Lipinski definition) is 5. The summed E-state index contributed by atoms with van der Waals surface area (Å²) < 4.78 is 1.17. The van der Waals surface area contributed by atoms with Gasteiger partial charge in [-0.2, -0.15) is 5.10 Å². The smallest absolute Gasteiger partial charge is 0.322 e. The molecule has 3 N–H and O–H groups in total. The van der Waals surface area contributed by atoms with Crippen molar-refractivity contribution in [2.45, 2.75) is 0 Å². The summed E-state index contributed by atoms with van der Waals surface area (Å²) in [5.74, 6) is -2.33. The minimum atomic E-state index is -1.21. The van der Waals surface area contributed by atoms with E-state index in [-0.39, 0.29) is 11.4 Å². The van der Waals surface area contributed by atoms with Gasteiger partial charge in [-0.3, -0.25) is 9.59 Å². The molecule has 0 bridgehead atoms. The van der Waals surface area contributed by atoms with Crippen LogP contribution in [0.1, 0.15) is 10.5 Å². The van der Waals surface area contributed by atoms with Crippen LogP contribution in [0.4, 0.5) is 0 Å². The van der Waals surface area contributed by atoms with Gasteiger partial charge in [-0.05, 0) is 41.5 Å². The number of aromatic nitrogens is 3. The van der Waals surface area contributed by atoms with Crippen molar-refractivity contribution in [1.29, 1.82) is 0 Å². The highest BCUT2D eigenvalue weighted by molar-refractivity contribution is 6.35. The molecule has 0 aliphatic carbocycles. The predicted molar refractivity (Wildman–Crippen MR) is 108 cm³/mol. The van der Waals surface area contributed by atoms with E-state index in [4.69, 9.17) is 28.3 Å². The number of pyridine rings is 1. The van der Waals surface area contributed by atoms with E-state index in [1.54, 1.807) is 36.4 Å². The Morgan fingerprint density at radius 1 is 1.03 bits per heavy atom. The lowest BCUT2D eigenvalue weighted by molar-refractivity contribution is -0.135. The number of nitrogens with zero attached hydrogens (tertiary/aromatic N) is 3. The van der Waals surface area contributed by atoms with Crippen molar-refractivity contribution in [3.63, 3.8) is 0 Å². The topological polar surface area (TPSA) is 117 Å². The first-order chi connectivity index (χ1) is 13.8. The second-order valence-electron chi connectivity index (χ2n) is 6.19. The molecule has 0 radical (unpaired) electrons. The zero-order valence-corrected chi connectivity index (χ0v) is 16.1. The molecule has 0 aliphatic heterocycles. The number of aromatic hydroxyl groups is 1. The number of hydrogen-bond donors (Lipinski definition) is 3. The van der Waals surface area contributed by atoms with Gasteiger partial charge in [0.25, 0.3) is 5.91 Å². The first-order valence-electron chi connectivity index (χ1n) is 8.30. The summed E-state index contributed by atoms with van der Waals surface area (Å²) in [5.41, 5.74) is 1.66. The van der Waals surface area contributed by atoms with Gasteiger partial charge in [0, 0.05) is 20.8 Å². The minimum absolute atomic E-state index is 0.204. The van der Waals surface area contributed by atoms with Gasteiger partial charge in [0.15, 0.2) is 17.1 Å². The van der Waals surface area contributed by atoms with Gasteiger partial charge in [-0.1, -0.05) is 29.3 Å². The van der Waals surface area contributed by atoms with E-state index in [2.05, 4.69) is 15.4 Å². The number of carboxylic acids is 1. The number of carbonyl (C=O) groups is 2. The molecule has 146 valence electrons. The Hall–Kier alpha value is -3.36. The lowest BCUT2D eigenvalue weighted by Crippen LogP contribution is -2.31. The Balaban J connectivity index is 1.92. The van der Waals surface area contributed by atoms with E-state index in [1.165, 1.54) is 10.8 Å². The van der Waals surface area contributed by atoms with Crippen LogP contribution in [0, 0.1) is 0 Å². The SMILES string of the molecule is O=C(O)CNC(=O)c1c(O)c2ccc(-c3cc(Cl)cc(Cl)c3)cc2c2ncnn12. The van der Waals surface area contributed by atoms with Crippen LogP contribution in [0.5, 0.6) is 5.75 Å². The molecular formula is C19H12Cl2N4O4. The number of halogens is 2. The van der Waals surface area contributed by atoms with E-state index < -0.39 is 18.4 Å². The third kappa shape index (κ3) is 3.43. The van der Waals surface area contributed by atoms with Crippen molar-refractivity contribution >= 4 is 51.5 Å². The molecule has 0 unspecified atom stereocenters. The Morgan fingerprint density at radius 3 is 2.45 bits per heavy atom. The molecule has 8 nitrogen and oxygen atoms in total. The van der Waals surface area contributed by atoms with Gasteiger partial charge in [-0.15, -0.1) is 0 Å². The maximum absolute atomic E-state index is 12.4. The average molecular weight is 431 g/mol. The summed E-state index contributed by atoms with van der Waals surface area (Å²) in [5, 5.41) is 27.6. The number of benzene rings is 2. The second kappa shape index (κ2) is 7.23. The molecular weight excluding hydrogens is 419 g/mol. The van der Waals surface area contributed by atoms with Gasteiger partial charge in [0.05, 0.1) is 0 Å². The Bertz CT molecular complexity index is 1280. The fourth-order valence-electron chi connectivity index (χ4n) is 3.10. The van der Waals surface area contributed by atoms with Crippen molar-refractivity contribution in [3.05, 3.63) is 58.5 Å². The molecule has 4 rings (SSSR count). The molecule has 4 aromatic rings. The number of fused-ring (bicyclic) bond motifs is 3. The van der Waals surface area contributed by atoms with Crippen LogP contribution in [-0.2, 0) is 4.79 Å². The zero-order valence-electron chi connectivity index (χ0n) is 14.6. The fraction of sp³-hybridized carbons (Fsp3) is 0.0526. The normalized spacial score (nSPS) is 11.1. The number of aliphatic carboxylic acids is 1. The van der Waals surface area contributed by atoms with E-state index in [1.807, 2.05) is 0 Å². The molecule has 29 heavy (non-hydrogen) atoms. The standard InChI is InChI=1S/C19H12Cl2N4O4/c20-11-3-10(4-12(21)6-11)9-1-2-13-14(5-9)18-23-8-24-25(18)16(17(13)28)19(29)22-7-15(26)27/h1-6,8,28H,7H2,(H,22,29)(H,26,27). The van der Waals surface area contributed by atoms with Crippen molar-refractivity contribution in [2.75, 3.05) is 6.54 Å². The summed E-state index contributed by atoms with van der Waals surface area (Å²) in [4.78, 5) is 27.4. The van der Waals surface area contributed by atoms with Crippen molar-refractivity contribution in [2.24, 2.45) is 0 Å². The Labute approximate surface area is 173 Å². The zero-order chi connectivity index (χ0) is 20.7. The van der Waals surface area contributed by atoms with Crippen LogP contribution in [0.2, 0.25) is 10.0 Å². The molecule has 10 heteroatoms. The lowest BCUT2D eigenvalue weighted by Gasteiger charge is -2.12. The van der Waals surface area contributed by atoms with Crippen molar-refractivity contribution in [3.8, 4) is 16.9 Å². The maximum Gasteiger partial charge on any atom is 0.322 e. The van der Waals surface area contributed by atoms with Gasteiger partial charge in [-0.25, -0.2) is 9.50 Å². The van der Waals surface area contributed by atoms with E-state index >= 15 is 0 Å². The molecule has 0 saturated carbocycles. The monoisotopic (exact) mass is 430 g/mol. The number of carboxylic acid groups (broad SMARTS) is 1. The van der Waals surface area contributed by atoms with Crippen molar-refractivity contribution in [1.82, 2.24) is 19.9 Å². The molecule has 2 heterocycles. The summed E-state index contributed by atoms with van der Waals surface area (Å²) >= 11 is 12.2. The minimum Gasteiger partial charge on any atom is -0.505 e. The lowest BCUT2D eigenvalue weighted by atomic mass is 10.0. The van der Waals surface area contributed by atoms with Crippen LogP contribution in [0.3, 0.4) is 0 Å². The van der Waals surface area contributed by atoms with E-state index in [9.17, 15) is 14.7 Å². The van der Waals surface area contributed by atoms with Crippen LogP contribution in [0.15, 0.2) is 42.7 Å². The fourth-order valence-corrected chi connectivity index (χ4v) is 3.62.